The summed E-state index contributed by atoms with van der Waals surface area (Å²) in [4.78, 5) is 0. The van der Waals surface area contributed by atoms with E-state index in [9.17, 15) is 0 Å². The normalized spacial score (nSPS) is 13.7. The van der Waals surface area contributed by atoms with Crippen molar-refractivity contribution in [2.24, 2.45) is 0 Å². The highest BCUT2D eigenvalue weighted by molar-refractivity contribution is 5.33. The van der Waals surface area contributed by atoms with Gasteiger partial charge in [0.1, 0.15) is 11.8 Å². The number of ether oxygens (including phenoxy) is 1. The van der Waals surface area contributed by atoms with Crippen LogP contribution in [0.15, 0.2) is 48.5 Å². The van der Waals surface area contributed by atoms with E-state index in [2.05, 4.69) is 35.6 Å². The van der Waals surface area contributed by atoms with Crippen LogP contribution in [0, 0.1) is 11.3 Å². The lowest BCUT2D eigenvalue weighted by Gasteiger charge is -2.12. The van der Waals surface area contributed by atoms with Crippen molar-refractivity contribution in [3.8, 4) is 11.8 Å². The fourth-order valence-corrected chi connectivity index (χ4v) is 2.83. The van der Waals surface area contributed by atoms with Crippen LogP contribution < -0.4 is 10.1 Å². The van der Waals surface area contributed by atoms with E-state index in [1.165, 1.54) is 16.7 Å². The highest BCUT2D eigenvalue weighted by Gasteiger charge is 2.19. The second kappa shape index (κ2) is 6.43. The number of hydrogen-bond donors (Lipinski definition) is 1. The number of benzene rings is 2. The zero-order chi connectivity index (χ0) is 14.5. The minimum Gasteiger partial charge on any atom is -0.479 e. The van der Waals surface area contributed by atoms with Gasteiger partial charge in [-0.05, 0) is 41.7 Å². The van der Waals surface area contributed by atoms with E-state index in [0.29, 0.717) is 6.04 Å². The molecule has 1 aliphatic rings. The van der Waals surface area contributed by atoms with Gasteiger partial charge in [0.15, 0.2) is 6.61 Å². The van der Waals surface area contributed by atoms with Crippen molar-refractivity contribution in [2.45, 2.75) is 25.4 Å². The van der Waals surface area contributed by atoms with E-state index >= 15 is 0 Å². The van der Waals surface area contributed by atoms with Crippen LogP contribution in [0.25, 0.3) is 0 Å². The zero-order valence-corrected chi connectivity index (χ0v) is 11.9. The monoisotopic (exact) mass is 278 g/mol. The summed E-state index contributed by atoms with van der Waals surface area (Å²) in [5.74, 6) is 0.755. The molecule has 106 valence electrons. The maximum absolute atomic E-state index is 8.54. The molecule has 3 rings (SSSR count). The Bertz CT molecular complexity index is 635. The van der Waals surface area contributed by atoms with Crippen LogP contribution in [0.4, 0.5) is 0 Å². The number of nitrogens with one attached hydrogen (secondary N) is 1. The first kappa shape index (κ1) is 13.7. The molecule has 0 spiro atoms. The molecule has 0 atom stereocenters. The third-order valence-corrected chi connectivity index (χ3v) is 3.85. The lowest BCUT2D eigenvalue weighted by molar-refractivity contribution is 0.367. The van der Waals surface area contributed by atoms with E-state index in [1.54, 1.807) is 0 Å². The second-order valence-corrected chi connectivity index (χ2v) is 5.35. The second-order valence-electron chi connectivity index (χ2n) is 5.35. The first-order valence-corrected chi connectivity index (χ1v) is 7.24. The van der Waals surface area contributed by atoms with Crippen LogP contribution in [0.1, 0.15) is 16.7 Å². The molecule has 21 heavy (non-hydrogen) atoms. The molecule has 0 unspecified atom stereocenters. The van der Waals surface area contributed by atoms with Crippen molar-refractivity contribution >= 4 is 0 Å². The molecule has 0 fully saturated rings. The van der Waals surface area contributed by atoms with Crippen molar-refractivity contribution in [3.05, 3.63) is 65.2 Å². The van der Waals surface area contributed by atoms with Crippen molar-refractivity contribution in [1.29, 1.82) is 5.26 Å². The molecule has 3 heteroatoms. The van der Waals surface area contributed by atoms with Gasteiger partial charge in [-0.1, -0.05) is 36.4 Å². The summed E-state index contributed by atoms with van der Waals surface area (Å²) in [6.07, 6.45) is 2.20. The van der Waals surface area contributed by atoms with Crippen molar-refractivity contribution < 1.29 is 4.74 Å². The molecule has 0 aromatic heterocycles. The smallest absolute Gasteiger partial charge is 0.174 e. The SMILES string of the molecule is N#CCOc1cccc(CNC2Cc3ccccc3C2)c1. The van der Waals surface area contributed by atoms with Gasteiger partial charge in [0.25, 0.3) is 0 Å². The Morgan fingerprint density at radius 3 is 2.57 bits per heavy atom. The van der Waals surface area contributed by atoms with Gasteiger partial charge in [-0.2, -0.15) is 5.26 Å². The van der Waals surface area contributed by atoms with Crippen molar-refractivity contribution in [1.82, 2.24) is 5.32 Å². The van der Waals surface area contributed by atoms with Gasteiger partial charge < -0.3 is 10.1 Å². The largest absolute Gasteiger partial charge is 0.479 e. The molecule has 1 aliphatic carbocycles. The third kappa shape index (κ3) is 3.42. The Kier molecular flexibility index (Phi) is 4.18. The van der Waals surface area contributed by atoms with Gasteiger partial charge in [0.05, 0.1) is 0 Å². The van der Waals surface area contributed by atoms with E-state index in [1.807, 2.05) is 24.3 Å². The van der Waals surface area contributed by atoms with Gasteiger partial charge >= 0.3 is 0 Å². The zero-order valence-electron chi connectivity index (χ0n) is 11.9. The van der Waals surface area contributed by atoms with Gasteiger partial charge in [-0.3, -0.25) is 0 Å². The van der Waals surface area contributed by atoms with Crippen LogP contribution in [-0.2, 0) is 19.4 Å². The van der Waals surface area contributed by atoms with Crippen molar-refractivity contribution in [3.63, 3.8) is 0 Å². The Labute approximate surface area is 125 Å². The molecule has 3 nitrogen and oxygen atoms in total. The molecule has 0 bridgehead atoms. The van der Waals surface area contributed by atoms with Gasteiger partial charge in [0.2, 0.25) is 0 Å². The molecule has 2 aromatic rings. The average Bonchev–Trinajstić information content (AvgIpc) is 2.94. The first-order chi connectivity index (χ1) is 10.3. The Morgan fingerprint density at radius 1 is 1.10 bits per heavy atom. The number of hydrogen-bond acceptors (Lipinski definition) is 3. The summed E-state index contributed by atoms with van der Waals surface area (Å²) < 4.78 is 5.33. The number of nitriles is 1. The predicted octanol–water partition coefficient (Wildman–Crippen LogP) is 2.85. The molecule has 0 saturated carbocycles. The molecular formula is C18H18N2O. The number of rotatable bonds is 5. The summed E-state index contributed by atoms with van der Waals surface area (Å²) in [7, 11) is 0. The average molecular weight is 278 g/mol. The summed E-state index contributed by atoms with van der Waals surface area (Å²) in [5, 5.41) is 12.1. The summed E-state index contributed by atoms with van der Waals surface area (Å²) in [6.45, 7) is 0.914. The Morgan fingerprint density at radius 2 is 1.86 bits per heavy atom. The third-order valence-electron chi connectivity index (χ3n) is 3.85. The highest BCUT2D eigenvalue weighted by atomic mass is 16.5. The van der Waals surface area contributed by atoms with Crippen LogP contribution in [0.3, 0.4) is 0 Å². The van der Waals surface area contributed by atoms with Gasteiger partial charge in [-0.25, -0.2) is 0 Å². The molecule has 0 saturated heterocycles. The minimum atomic E-state index is 0.0921. The fraction of sp³-hybridized carbons (Fsp3) is 0.278. The van der Waals surface area contributed by atoms with Crippen molar-refractivity contribution in [2.75, 3.05) is 6.61 Å². The highest BCUT2D eigenvalue weighted by Crippen LogP contribution is 2.22. The minimum absolute atomic E-state index is 0.0921. The predicted molar refractivity (Wildman–Crippen MR) is 82.0 cm³/mol. The lowest BCUT2D eigenvalue weighted by atomic mass is 10.1. The molecule has 0 aliphatic heterocycles. The molecule has 1 N–H and O–H groups in total. The molecule has 2 aromatic carbocycles. The first-order valence-electron chi connectivity index (χ1n) is 7.24. The number of fused-ring (bicyclic) bond motifs is 1. The molecule has 0 heterocycles. The lowest BCUT2D eigenvalue weighted by Crippen LogP contribution is -2.28. The van der Waals surface area contributed by atoms with Crippen LogP contribution in [-0.4, -0.2) is 12.6 Å². The van der Waals surface area contributed by atoms with E-state index in [4.69, 9.17) is 10.00 Å². The summed E-state index contributed by atoms with van der Waals surface area (Å²) in [6, 6.07) is 19.1. The van der Waals surface area contributed by atoms with E-state index in [0.717, 1.165) is 25.1 Å². The van der Waals surface area contributed by atoms with Crippen LogP contribution in [0.5, 0.6) is 5.75 Å². The summed E-state index contributed by atoms with van der Waals surface area (Å²) in [5.41, 5.74) is 4.10. The molecule has 0 amide bonds. The maximum atomic E-state index is 8.54. The van der Waals surface area contributed by atoms with E-state index in [-0.39, 0.29) is 6.61 Å². The molecular weight excluding hydrogens is 260 g/mol. The fourth-order valence-electron chi connectivity index (χ4n) is 2.83. The van der Waals surface area contributed by atoms with Crippen LogP contribution in [0.2, 0.25) is 0 Å². The van der Waals surface area contributed by atoms with Crippen LogP contribution >= 0.6 is 0 Å². The Balaban J connectivity index is 1.56. The number of nitrogens with zero attached hydrogens (tertiary/aromatic N) is 1. The standard InChI is InChI=1S/C18H18N2O/c19-8-9-21-18-7-3-4-14(10-18)13-20-17-11-15-5-1-2-6-16(15)12-17/h1-7,10,17,20H,9,11-13H2. The quantitative estimate of drug-likeness (QED) is 0.914. The van der Waals surface area contributed by atoms with Gasteiger partial charge in [0, 0.05) is 12.6 Å². The maximum Gasteiger partial charge on any atom is 0.174 e. The van der Waals surface area contributed by atoms with Gasteiger partial charge in [-0.15, -0.1) is 0 Å². The van der Waals surface area contributed by atoms with E-state index < -0.39 is 0 Å². The Hall–Kier alpha value is -2.31. The molecule has 0 radical (unpaired) electrons. The summed E-state index contributed by atoms with van der Waals surface area (Å²) >= 11 is 0. The topological polar surface area (TPSA) is 45.0 Å².